The first-order chi connectivity index (χ1) is 8.36. The quantitative estimate of drug-likeness (QED) is 0.780. The summed E-state index contributed by atoms with van der Waals surface area (Å²) < 4.78 is 39.3. The Balaban J connectivity index is 2.97. The fourth-order valence-electron chi connectivity index (χ4n) is 1.44. The highest BCUT2D eigenvalue weighted by Crippen LogP contribution is 2.12. The standard InChI is InChI=1S/C11H15FN2O2S2/c1-2-4-10(11(13)17)14-18(15,16)9-6-3-5-8(12)7-9/h3,5-7,10,14H,2,4H2,1H3,(H2,13,17). The smallest absolute Gasteiger partial charge is 0.241 e. The fourth-order valence-corrected chi connectivity index (χ4v) is 2.97. The van der Waals surface area contributed by atoms with Crippen LogP contribution in [0.25, 0.3) is 0 Å². The molecule has 3 N–H and O–H groups in total. The minimum Gasteiger partial charge on any atom is -0.392 e. The van der Waals surface area contributed by atoms with Crippen LogP contribution in [-0.2, 0) is 10.0 Å². The number of hydrogen-bond acceptors (Lipinski definition) is 3. The number of rotatable bonds is 6. The van der Waals surface area contributed by atoms with Crippen LogP contribution in [-0.4, -0.2) is 19.4 Å². The number of hydrogen-bond donors (Lipinski definition) is 2. The molecule has 0 aliphatic rings. The molecule has 0 saturated carbocycles. The van der Waals surface area contributed by atoms with Crippen molar-refractivity contribution >= 4 is 27.2 Å². The Hall–Kier alpha value is -1.05. The van der Waals surface area contributed by atoms with E-state index in [-0.39, 0.29) is 9.88 Å². The van der Waals surface area contributed by atoms with Crippen LogP contribution < -0.4 is 10.5 Å². The van der Waals surface area contributed by atoms with E-state index in [0.717, 1.165) is 12.5 Å². The van der Waals surface area contributed by atoms with E-state index < -0.39 is 21.9 Å². The van der Waals surface area contributed by atoms with Crippen molar-refractivity contribution in [1.29, 1.82) is 0 Å². The minimum absolute atomic E-state index is 0.0804. The van der Waals surface area contributed by atoms with Crippen LogP contribution >= 0.6 is 12.2 Å². The Morgan fingerprint density at radius 2 is 2.22 bits per heavy atom. The van der Waals surface area contributed by atoms with Gasteiger partial charge in [-0.1, -0.05) is 31.6 Å². The number of benzene rings is 1. The van der Waals surface area contributed by atoms with E-state index >= 15 is 0 Å². The molecule has 0 amide bonds. The molecular formula is C11H15FN2O2S2. The van der Waals surface area contributed by atoms with Crippen LogP contribution in [0.4, 0.5) is 4.39 Å². The van der Waals surface area contributed by atoms with Crippen molar-refractivity contribution in [1.82, 2.24) is 4.72 Å². The molecule has 0 aliphatic heterocycles. The molecule has 0 radical (unpaired) electrons. The third-order valence-electron chi connectivity index (χ3n) is 2.32. The summed E-state index contributed by atoms with van der Waals surface area (Å²) >= 11 is 4.80. The van der Waals surface area contributed by atoms with Crippen LogP contribution in [0.5, 0.6) is 0 Å². The second kappa shape index (κ2) is 6.21. The molecule has 0 saturated heterocycles. The van der Waals surface area contributed by atoms with Crippen molar-refractivity contribution in [3.63, 3.8) is 0 Å². The lowest BCUT2D eigenvalue weighted by atomic mass is 10.2. The van der Waals surface area contributed by atoms with E-state index in [4.69, 9.17) is 18.0 Å². The Morgan fingerprint density at radius 1 is 1.56 bits per heavy atom. The topological polar surface area (TPSA) is 72.2 Å². The molecule has 0 spiro atoms. The zero-order chi connectivity index (χ0) is 13.8. The van der Waals surface area contributed by atoms with Gasteiger partial charge in [0.05, 0.1) is 15.9 Å². The van der Waals surface area contributed by atoms with Gasteiger partial charge in [0, 0.05) is 0 Å². The van der Waals surface area contributed by atoms with E-state index in [9.17, 15) is 12.8 Å². The predicted octanol–water partition coefficient (Wildman–Crippen LogP) is 1.56. The normalized spacial score (nSPS) is 13.2. The highest BCUT2D eigenvalue weighted by molar-refractivity contribution is 7.89. The van der Waals surface area contributed by atoms with Crippen molar-refractivity contribution in [2.75, 3.05) is 0 Å². The van der Waals surface area contributed by atoms with Gasteiger partial charge >= 0.3 is 0 Å². The first-order valence-corrected chi connectivity index (χ1v) is 7.33. The van der Waals surface area contributed by atoms with Gasteiger partial charge in [-0.15, -0.1) is 0 Å². The van der Waals surface area contributed by atoms with E-state index in [0.29, 0.717) is 6.42 Å². The summed E-state index contributed by atoms with van der Waals surface area (Å²) in [5.41, 5.74) is 5.47. The Kier molecular flexibility index (Phi) is 5.18. The number of nitrogens with two attached hydrogens (primary N) is 1. The van der Waals surface area contributed by atoms with E-state index in [1.807, 2.05) is 6.92 Å². The van der Waals surface area contributed by atoms with E-state index in [1.54, 1.807) is 0 Å². The average Bonchev–Trinajstić information content (AvgIpc) is 2.28. The summed E-state index contributed by atoms with van der Waals surface area (Å²) in [6.07, 6.45) is 1.23. The van der Waals surface area contributed by atoms with Crippen LogP contribution in [0.2, 0.25) is 0 Å². The van der Waals surface area contributed by atoms with Crippen molar-refractivity contribution in [2.45, 2.75) is 30.7 Å². The zero-order valence-corrected chi connectivity index (χ0v) is 11.5. The summed E-state index contributed by atoms with van der Waals surface area (Å²) in [6.45, 7) is 1.89. The van der Waals surface area contributed by atoms with Gasteiger partial charge in [-0.3, -0.25) is 0 Å². The first kappa shape index (κ1) is 15.0. The van der Waals surface area contributed by atoms with Crippen molar-refractivity contribution in [3.8, 4) is 0 Å². The molecule has 1 aromatic carbocycles. The monoisotopic (exact) mass is 290 g/mol. The van der Waals surface area contributed by atoms with Gasteiger partial charge in [-0.2, -0.15) is 0 Å². The molecule has 0 aromatic heterocycles. The summed E-state index contributed by atoms with van der Waals surface area (Å²) in [5, 5.41) is 0. The lowest BCUT2D eigenvalue weighted by molar-refractivity contribution is 0.564. The van der Waals surface area contributed by atoms with Gasteiger partial charge in [0.2, 0.25) is 10.0 Å². The zero-order valence-electron chi connectivity index (χ0n) is 9.89. The van der Waals surface area contributed by atoms with Gasteiger partial charge in [-0.25, -0.2) is 17.5 Å². The Morgan fingerprint density at radius 3 is 2.72 bits per heavy atom. The first-order valence-electron chi connectivity index (χ1n) is 5.44. The van der Waals surface area contributed by atoms with Crippen LogP contribution in [0.1, 0.15) is 19.8 Å². The third kappa shape index (κ3) is 4.01. The van der Waals surface area contributed by atoms with Crippen molar-refractivity contribution < 1.29 is 12.8 Å². The fraction of sp³-hybridized carbons (Fsp3) is 0.364. The summed E-state index contributed by atoms with van der Waals surface area (Å²) in [4.78, 5) is -0.0586. The van der Waals surface area contributed by atoms with Gasteiger partial charge in [-0.05, 0) is 24.6 Å². The number of nitrogens with one attached hydrogen (secondary N) is 1. The second-order valence-electron chi connectivity index (χ2n) is 3.82. The number of sulfonamides is 1. The predicted molar refractivity (Wildman–Crippen MR) is 72.2 cm³/mol. The molecule has 7 heteroatoms. The molecule has 1 unspecified atom stereocenters. The molecule has 0 heterocycles. The largest absolute Gasteiger partial charge is 0.392 e. The molecule has 1 aromatic rings. The lowest BCUT2D eigenvalue weighted by Gasteiger charge is -2.16. The molecule has 0 bridgehead atoms. The van der Waals surface area contributed by atoms with Crippen LogP contribution in [0.3, 0.4) is 0 Å². The second-order valence-corrected chi connectivity index (χ2v) is 6.01. The molecule has 1 rings (SSSR count). The van der Waals surface area contributed by atoms with Crippen molar-refractivity contribution in [3.05, 3.63) is 30.1 Å². The highest BCUT2D eigenvalue weighted by atomic mass is 32.2. The minimum atomic E-state index is -3.81. The number of halogens is 1. The maximum atomic E-state index is 13.0. The average molecular weight is 290 g/mol. The summed E-state index contributed by atoms with van der Waals surface area (Å²) in [6, 6.07) is 4.16. The van der Waals surface area contributed by atoms with Crippen LogP contribution in [0.15, 0.2) is 29.2 Å². The number of thiocarbonyl (C=S) groups is 1. The highest BCUT2D eigenvalue weighted by Gasteiger charge is 2.21. The Bertz CT molecular complexity index is 532. The molecular weight excluding hydrogens is 275 g/mol. The van der Waals surface area contributed by atoms with Gasteiger partial charge in [0.15, 0.2) is 0 Å². The SMILES string of the molecule is CCCC(NS(=O)(=O)c1cccc(F)c1)C(N)=S. The van der Waals surface area contributed by atoms with E-state index in [1.165, 1.54) is 18.2 Å². The van der Waals surface area contributed by atoms with Gasteiger partial charge in [0.25, 0.3) is 0 Å². The third-order valence-corrected chi connectivity index (χ3v) is 4.08. The molecule has 4 nitrogen and oxygen atoms in total. The molecule has 0 fully saturated rings. The molecule has 1 atom stereocenters. The maximum absolute atomic E-state index is 13.0. The van der Waals surface area contributed by atoms with Crippen LogP contribution in [0, 0.1) is 5.82 Å². The van der Waals surface area contributed by atoms with E-state index in [2.05, 4.69) is 4.72 Å². The van der Waals surface area contributed by atoms with Crippen molar-refractivity contribution in [2.24, 2.45) is 5.73 Å². The molecule has 18 heavy (non-hydrogen) atoms. The summed E-state index contributed by atoms with van der Waals surface area (Å²) in [7, 11) is -3.81. The summed E-state index contributed by atoms with van der Waals surface area (Å²) in [5.74, 6) is -0.611. The van der Waals surface area contributed by atoms with Gasteiger partial charge in [0.1, 0.15) is 5.82 Å². The molecule has 0 aliphatic carbocycles. The maximum Gasteiger partial charge on any atom is 0.241 e. The lowest BCUT2D eigenvalue weighted by Crippen LogP contribution is -2.43. The Labute approximate surface area is 111 Å². The molecule has 100 valence electrons. The van der Waals surface area contributed by atoms with Gasteiger partial charge < -0.3 is 5.73 Å².